The van der Waals surface area contributed by atoms with E-state index in [1.807, 2.05) is 48.5 Å². The second-order valence-corrected chi connectivity index (χ2v) is 8.78. The summed E-state index contributed by atoms with van der Waals surface area (Å²) in [5.41, 5.74) is 1.72. The van der Waals surface area contributed by atoms with E-state index in [1.54, 1.807) is 6.33 Å². The van der Waals surface area contributed by atoms with Gasteiger partial charge in [-0.15, -0.1) is 0 Å². The van der Waals surface area contributed by atoms with Crippen molar-refractivity contribution in [2.75, 3.05) is 30.4 Å². The first-order chi connectivity index (χ1) is 14.6. The number of aromatic nitrogens is 4. The van der Waals surface area contributed by atoms with Gasteiger partial charge in [-0.2, -0.15) is 0 Å². The number of piperidine rings is 1. The minimum absolute atomic E-state index is 0.103. The van der Waals surface area contributed by atoms with Gasteiger partial charge in [0.15, 0.2) is 5.13 Å². The summed E-state index contributed by atoms with van der Waals surface area (Å²) in [6.45, 7) is 3.59. The van der Waals surface area contributed by atoms with Gasteiger partial charge in [-0.1, -0.05) is 30.4 Å². The van der Waals surface area contributed by atoms with Crippen LogP contribution >= 0.6 is 11.3 Å². The van der Waals surface area contributed by atoms with Crippen LogP contribution in [0.4, 0.5) is 15.7 Å². The molecule has 2 unspecified atom stereocenters. The fourth-order valence-corrected chi connectivity index (χ4v) is 4.99. The van der Waals surface area contributed by atoms with Gasteiger partial charge < -0.3 is 14.8 Å². The van der Waals surface area contributed by atoms with E-state index in [1.165, 1.54) is 11.3 Å². The van der Waals surface area contributed by atoms with Crippen LogP contribution in [-0.2, 0) is 0 Å². The summed E-state index contributed by atoms with van der Waals surface area (Å²) in [6, 6.07) is 9.95. The van der Waals surface area contributed by atoms with E-state index < -0.39 is 0 Å². The number of para-hydroxylation sites is 1. The van der Waals surface area contributed by atoms with Gasteiger partial charge in [-0.3, -0.25) is 5.32 Å². The smallest absolute Gasteiger partial charge is 0.323 e. The quantitative estimate of drug-likeness (QED) is 0.523. The number of nitrogens with zero attached hydrogens (tertiary/aromatic N) is 5. The van der Waals surface area contributed by atoms with Crippen molar-refractivity contribution < 1.29 is 4.79 Å². The predicted octanol–water partition coefficient (Wildman–Crippen LogP) is 3.95. The molecular weight excluding hydrogens is 398 g/mol. The molecular formula is C21H23N7OS. The maximum absolute atomic E-state index is 13.0. The molecule has 4 aromatic rings. The number of likely N-dealkylation sites (N-methyl/N-ethyl adjacent to an activating group) is 1. The average Bonchev–Trinajstić information content (AvgIpc) is 3.39. The van der Waals surface area contributed by atoms with E-state index in [4.69, 9.17) is 0 Å². The van der Waals surface area contributed by atoms with Crippen molar-refractivity contribution in [1.29, 1.82) is 0 Å². The lowest BCUT2D eigenvalue weighted by molar-refractivity contribution is 0.172. The Hall–Kier alpha value is -3.20. The van der Waals surface area contributed by atoms with Crippen molar-refractivity contribution >= 4 is 49.6 Å². The predicted molar refractivity (Wildman–Crippen MR) is 120 cm³/mol. The summed E-state index contributed by atoms with van der Waals surface area (Å²) in [7, 11) is 2.05. The lowest BCUT2D eigenvalue weighted by atomic mass is 9.92. The Kier molecular flexibility index (Phi) is 4.74. The number of hydrogen-bond donors (Lipinski definition) is 2. The number of nitrogens with one attached hydrogen (secondary N) is 2. The van der Waals surface area contributed by atoms with Crippen LogP contribution in [0.3, 0.4) is 0 Å². The molecule has 9 heteroatoms. The van der Waals surface area contributed by atoms with Crippen molar-refractivity contribution in [3.8, 4) is 0 Å². The minimum atomic E-state index is -0.103. The van der Waals surface area contributed by atoms with Gasteiger partial charge in [0.1, 0.15) is 17.8 Å². The molecule has 4 heterocycles. The van der Waals surface area contributed by atoms with Gasteiger partial charge in [0.2, 0.25) is 0 Å². The lowest BCUT2D eigenvalue weighted by Crippen LogP contribution is -2.53. The standard InChI is InChI=1S/C21H23N7OS/c1-13-8-10-28(21(29)26-20-25-15-5-3-4-6-17(15)30-20)11-16(13)27(2)19-14-7-9-22-18(14)23-12-24-19/h3-7,9,12-13,16H,8,10-11H2,1-2H3,(H,22,23,24)(H,25,26,29). The number of rotatable bonds is 3. The molecule has 1 aliphatic rings. The van der Waals surface area contributed by atoms with Gasteiger partial charge in [0, 0.05) is 26.3 Å². The maximum Gasteiger partial charge on any atom is 0.323 e. The van der Waals surface area contributed by atoms with Crippen LogP contribution < -0.4 is 10.2 Å². The van der Waals surface area contributed by atoms with Crippen LogP contribution in [0.2, 0.25) is 0 Å². The van der Waals surface area contributed by atoms with Crippen LogP contribution in [0.15, 0.2) is 42.9 Å². The number of hydrogen-bond acceptors (Lipinski definition) is 6. The summed E-state index contributed by atoms with van der Waals surface area (Å²) >= 11 is 1.50. The molecule has 2 atom stereocenters. The molecule has 3 aromatic heterocycles. The Morgan fingerprint density at radius 3 is 3.03 bits per heavy atom. The van der Waals surface area contributed by atoms with E-state index in [9.17, 15) is 4.79 Å². The number of anilines is 2. The monoisotopic (exact) mass is 421 g/mol. The summed E-state index contributed by atoms with van der Waals surface area (Å²) < 4.78 is 1.07. The van der Waals surface area contributed by atoms with Crippen LogP contribution in [-0.4, -0.2) is 57.0 Å². The number of thiazole rings is 1. The van der Waals surface area contributed by atoms with E-state index in [-0.39, 0.29) is 12.1 Å². The van der Waals surface area contributed by atoms with Gasteiger partial charge in [-0.25, -0.2) is 19.7 Å². The number of carbonyl (C=O) groups is 1. The molecule has 30 heavy (non-hydrogen) atoms. The molecule has 8 nitrogen and oxygen atoms in total. The number of fused-ring (bicyclic) bond motifs is 2. The topological polar surface area (TPSA) is 90.0 Å². The maximum atomic E-state index is 13.0. The largest absolute Gasteiger partial charge is 0.354 e. The van der Waals surface area contributed by atoms with Gasteiger partial charge >= 0.3 is 6.03 Å². The van der Waals surface area contributed by atoms with Crippen LogP contribution in [0.25, 0.3) is 21.3 Å². The first-order valence-corrected chi connectivity index (χ1v) is 10.8. The molecule has 154 valence electrons. The SMILES string of the molecule is CC1CCN(C(=O)Nc2nc3ccccc3s2)CC1N(C)c1ncnc2[nH]ccc12. The van der Waals surface area contributed by atoms with E-state index in [2.05, 4.69) is 37.1 Å². The van der Waals surface area contributed by atoms with Gasteiger partial charge in [0.25, 0.3) is 0 Å². The number of H-pyrrole nitrogens is 1. The van der Waals surface area contributed by atoms with Crippen LogP contribution in [0.5, 0.6) is 0 Å². The van der Waals surface area contributed by atoms with E-state index in [0.29, 0.717) is 17.6 Å². The normalized spacial score (nSPS) is 19.3. The Bertz CT molecular complexity index is 1170. The summed E-state index contributed by atoms with van der Waals surface area (Å²) in [5, 5.41) is 4.61. The molecule has 1 aromatic carbocycles. The highest BCUT2D eigenvalue weighted by molar-refractivity contribution is 7.22. The number of likely N-dealkylation sites (tertiary alicyclic amines) is 1. The van der Waals surface area contributed by atoms with Gasteiger partial charge in [0.05, 0.1) is 21.6 Å². The van der Waals surface area contributed by atoms with Crippen molar-refractivity contribution in [3.05, 3.63) is 42.9 Å². The van der Waals surface area contributed by atoms with Crippen LogP contribution in [0.1, 0.15) is 13.3 Å². The molecule has 1 fully saturated rings. The first kappa shape index (κ1) is 18.8. The molecule has 2 N–H and O–H groups in total. The number of benzene rings is 1. The number of aromatic amines is 1. The zero-order chi connectivity index (χ0) is 20.7. The van der Waals surface area contributed by atoms with Crippen molar-refractivity contribution in [3.63, 3.8) is 0 Å². The third-order valence-corrected chi connectivity index (χ3v) is 6.83. The number of carbonyl (C=O) groups excluding carboxylic acids is 1. The number of urea groups is 1. The second kappa shape index (κ2) is 7.56. The fourth-order valence-electron chi connectivity index (χ4n) is 4.13. The Labute approximate surface area is 178 Å². The summed E-state index contributed by atoms with van der Waals surface area (Å²) in [6.07, 6.45) is 4.39. The molecule has 0 bridgehead atoms. The highest BCUT2D eigenvalue weighted by Gasteiger charge is 2.33. The third-order valence-electron chi connectivity index (χ3n) is 5.88. The fraction of sp³-hybridized carbons (Fsp3) is 0.333. The minimum Gasteiger partial charge on any atom is -0.354 e. The van der Waals surface area contributed by atoms with Crippen molar-refractivity contribution in [2.45, 2.75) is 19.4 Å². The van der Waals surface area contributed by atoms with Crippen molar-refractivity contribution in [1.82, 2.24) is 24.8 Å². The molecule has 0 radical (unpaired) electrons. The molecule has 2 amide bonds. The zero-order valence-corrected chi connectivity index (χ0v) is 17.7. The van der Waals surface area contributed by atoms with Crippen LogP contribution in [0, 0.1) is 5.92 Å². The second-order valence-electron chi connectivity index (χ2n) is 7.74. The van der Waals surface area contributed by atoms with E-state index >= 15 is 0 Å². The Morgan fingerprint density at radius 2 is 2.17 bits per heavy atom. The average molecular weight is 422 g/mol. The third kappa shape index (κ3) is 3.35. The van der Waals surface area contributed by atoms with Gasteiger partial charge in [-0.05, 0) is 30.5 Å². The highest BCUT2D eigenvalue weighted by atomic mass is 32.1. The Morgan fingerprint density at radius 1 is 1.30 bits per heavy atom. The first-order valence-electron chi connectivity index (χ1n) is 10.0. The zero-order valence-electron chi connectivity index (χ0n) is 16.9. The molecule has 5 rings (SSSR count). The molecule has 0 aliphatic carbocycles. The summed E-state index contributed by atoms with van der Waals surface area (Å²) in [5.74, 6) is 1.32. The molecule has 1 saturated heterocycles. The van der Waals surface area contributed by atoms with Crippen molar-refractivity contribution in [2.24, 2.45) is 5.92 Å². The summed E-state index contributed by atoms with van der Waals surface area (Å²) in [4.78, 5) is 33.5. The molecule has 0 saturated carbocycles. The lowest BCUT2D eigenvalue weighted by Gasteiger charge is -2.42. The molecule has 0 spiro atoms. The van der Waals surface area contributed by atoms with E-state index in [0.717, 1.165) is 40.0 Å². The highest BCUT2D eigenvalue weighted by Crippen LogP contribution is 2.30. The number of amides is 2. The Balaban J connectivity index is 1.33. The molecule has 1 aliphatic heterocycles.